The molecule has 0 saturated carbocycles. The van der Waals surface area contributed by atoms with E-state index in [9.17, 15) is 4.79 Å². The highest BCUT2D eigenvalue weighted by Crippen LogP contribution is 2.13. The van der Waals surface area contributed by atoms with E-state index in [4.69, 9.17) is 0 Å². The Bertz CT molecular complexity index is 643. The number of imidazole rings is 1. The van der Waals surface area contributed by atoms with Gasteiger partial charge in [0.2, 0.25) is 11.6 Å². The molecule has 0 unspecified atom stereocenters. The van der Waals surface area contributed by atoms with Crippen LogP contribution in [0, 0.1) is 0 Å². The van der Waals surface area contributed by atoms with E-state index in [0.717, 1.165) is 5.69 Å². The van der Waals surface area contributed by atoms with Gasteiger partial charge in [-0.15, -0.1) is 5.10 Å². The van der Waals surface area contributed by atoms with Gasteiger partial charge >= 0.3 is 5.69 Å². The van der Waals surface area contributed by atoms with E-state index in [1.54, 1.807) is 0 Å². The maximum absolute atomic E-state index is 11.1. The van der Waals surface area contributed by atoms with Crippen molar-refractivity contribution in [3.05, 3.63) is 40.8 Å². The monoisotopic (exact) mass is 214 g/mol. The Morgan fingerprint density at radius 3 is 2.81 bits per heavy atom. The third-order valence-electron chi connectivity index (χ3n) is 2.12. The van der Waals surface area contributed by atoms with Crippen molar-refractivity contribution >= 4 is 0 Å². The lowest BCUT2D eigenvalue weighted by Crippen LogP contribution is -2.10. The highest BCUT2D eigenvalue weighted by molar-refractivity contribution is 5.47. The van der Waals surface area contributed by atoms with Crippen LogP contribution in [0.3, 0.4) is 0 Å². The quantitative estimate of drug-likeness (QED) is 0.608. The second-order valence-electron chi connectivity index (χ2n) is 3.14. The highest BCUT2D eigenvalue weighted by atomic mass is 16.1. The van der Waals surface area contributed by atoms with Crippen LogP contribution in [0.15, 0.2) is 35.1 Å². The predicted octanol–water partition coefficient (Wildman–Crippen LogP) is -0.150. The van der Waals surface area contributed by atoms with Crippen LogP contribution in [-0.2, 0) is 0 Å². The number of hydrogen-bond donors (Lipinski definition) is 1. The number of rotatable bonds is 1. The Morgan fingerprint density at radius 1 is 1.19 bits per heavy atom. The third-order valence-corrected chi connectivity index (χ3v) is 2.12. The van der Waals surface area contributed by atoms with Gasteiger partial charge in [0.1, 0.15) is 0 Å². The first-order chi connectivity index (χ1) is 7.84. The fourth-order valence-electron chi connectivity index (χ4n) is 1.44. The van der Waals surface area contributed by atoms with Crippen LogP contribution >= 0.6 is 0 Å². The van der Waals surface area contributed by atoms with Gasteiger partial charge in [-0.25, -0.2) is 4.79 Å². The molecule has 1 aromatic carbocycles. The van der Waals surface area contributed by atoms with Crippen LogP contribution in [0.4, 0.5) is 0 Å². The summed E-state index contributed by atoms with van der Waals surface area (Å²) >= 11 is 0. The highest BCUT2D eigenvalue weighted by Gasteiger charge is 2.15. The standard InChI is InChI=1S/C9H6N6O/c16-9-10-7-8(11-9)15(14-13-12-7)6-4-2-1-3-5-6/h1-5H,(H,10,12,14,16). The number of H-pyrrole nitrogens is 1. The first-order valence-electron chi connectivity index (χ1n) is 4.58. The molecule has 16 heavy (non-hydrogen) atoms. The average Bonchev–Trinajstić information content (AvgIpc) is 2.70. The molecule has 7 heteroatoms. The van der Waals surface area contributed by atoms with Gasteiger partial charge in [0.25, 0.3) is 0 Å². The molecule has 3 rings (SSSR count). The Balaban J connectivity index is 2.30. The molecule has 0 radical (unpaired) electrons. The van der Waals surface area contributed by atoms with E-state index >= 15 is 0 Å². The molecule has 1 aromatic rings. The molecule has 0 aliphatic carbocycles. The fraction of sp³-hybridized carbons (Fsp3) is 0. The Kier molecular flexibility index (Phi) is 1.76. The van der Waals surface area contributed by atoms with Gasteiger partial charge in [-0.05, 0) is 22.6 Å². The number of hydrogen-bond acceptors (Lipinski definition) is 5. The smallest absolute Gasteiger partial charge is 0.286 e. The second kappa shape index (κ2) is 3.23. The number of aromatic nitrogens is 6. The number of aromatic amines is 1. The van der Waals surface area contributed by atoms with Gasteiger partial charge < -0.3 is 0 Å². The van der Waals surface area contributed by atoms with Crippen molar-refractivity contribution in [2.45, 2.75) is 0 Å². The van der Waals surface area contributed by atoms with Crippen LogP contribution in [0.1, 0.15) is 0 Å². The van der Waals surface area contributed by atoms with Gasteiger partial charge in [0.05, 0.1) is 5.69 Å². The Labute approximate surface area is 89.1 Å². The van der Waals surface area contributed by atoms with E-state index in [-0.39, 0.29) is 0 Å². The maximum atomic E-state index is 11.1. The van der Waals surface area contributed by atoms with Crippen molar-refractivity contribution in [1.29, 1.82) is 0 Å². The SMILES string of the molecule is O=c1nc2n(-c3ccccc3)nnnc-2[nH]1. The molecule has 0 fully saturated rings. The molecule has 2 aliphatic heterocycles. The molecule has 0 aromatic heterocycles. The third kappa shape index (κ3) is 1.26. The largest absolute Gasteiger partial charge is 0.348 e. The van der Waals surface area contributed by atoms with Crippen molar-refractivity contribution in [3.63, 3.8) is 0 Å². The molecule has 2 aliphatic rings. The molecular weight excluding hydrogens is 208 g/mol. The van der Waals surface area contributed by atoms with Gasteiger partial charge in [0, 0.05) is 0 Å². The van der Waals surface area contributed by atoms with E-state index in [2.05, 4.69) is 25.5 Å². The molecule has 0 amide bonds. The molecular formula is C9H6N6O. The van der Waals surface area contributed by atoms with Crippen molar-refractivity contribution in [2.24, 2.45) is 0 Å². The summed E-state index contributed by atoms with van der Waals surface area (Å²) in [5.74, 6) is 0.690. The van der Waals surface area contributed by atoms with Crippen LogP contribution in [0.2, 0.25) is 0 Å². The zero-order valence-corrected chi connectivity index (χ0v) is 8.03. The van der Waals surface area contributed by atoms with Crippen LogP contribution in [0.5, 0.6) is 0 Å². The minimum atomic E-state index is -0.456. The first kappa shape index (κ1) is 8.72. The summed E-state index contributed by atoms with van der Waals surface area (Å²) in [6, 6.07) is 9.29. The van der Waals surface area contributed by atoms with Gasteiger partial charge in [-0.3, -0.25) is 4.98 Å². The molecule has 0 saturated heterocycles. The van der Waals surface area contributed by atoms with Gasteiger partial charge in [0.15, 0.2) is 0 Å². The van der Waals surface area contributed by atoms with Crippen molar-refractivity contribution in [3.8, 4) is 17.3 Å². The zero-order valence-electron chi connectivity index (χ0n) is 8.03. The predicted molar refractivity (Wildman–Crippen MR) is 54.2 cm³/mol. The maximum Gasteiger partial charge on any atom is 0.348 e. The lowest BCUT2D eigenvalue weighted by atomic mass is 10.3. The van der Waals surface area contributed by atoms with E-state index in [1.807, 2.05) is 30.3 Å². The summed E-state index contributed by atoms with van der Waals surface area (Å²) < 4.78 is 1.46. The summed E-state index contributed by atoms with van der Waals surface area (Å²) in [5.41, 5.74) is 0.316. The van der Waals surface area contributed by atoms with Crippen LogP contribution in [-0.4, -0.2) is 30.2 Å². The van der Waals surface area contributed by atoms with Crippen molar-refractivity contribution in [2.75, 3.05) is 0 Å². The minimum Gasteiger partial charge on any atom is -0.286 e. The lowest BCUT2D eigenvalue weighted by molar-refractivity contribution is 0.672. The minimum absolute atomic E-state index is 0.323. The summed E-state index contributed by atoms with van der Waals surface area (Å²) in [6.07, 6.45) is 0. The van der Waals surface area contributed by atoms with E-state index in [1.165, 1.54) is 4.68 Å². The molecule has 2 heterocycles. The summed E-state index contributed by atoms with van der Waals surface area (Å²) in [5, 5.41) is 11.1. The Hall–Kier alpha value is -2.57. The summed E-state index contributed by atoms with van der Waals surface area (Å²) in [4.78, 5) is 17.3. The normalized spacial score (nSPS) is 10.8. The van der Waals surface area contributed by atoms with E-state index < -0.39 is 5.69 Å². The van der Waals surface area contributed by atoms with Gasteiger partial charge in [-0.1, -0.05) is 18.2 Å². The van der Waals surface area contributed by atoms with Crippen LogP contribution in [0.25, 0.3) is 17.3 Å². The van der Waals surface area contributed by atoms with Crippen LogP contribution < -0.4 is 5.69 Å². The molecule has 7 nitrogen and oxygen atoms in total. The number of nitrogens with one attached hydrogen (secondary N) is 1. The summed E-state index contributed by atoms with van der Waals surface area (Å²) in [7, 11) is 0. The second-order valence-corrected chi connectivity index (χ2v) is 3.14. The average molecular weight is 214 g/mol. The van der Waals surface area contributed by atoms with Gasteiger partial charge in [-0.2, -0.15) is 9.67 Å². The number of para-hydroxylation sites is 1. The number of fused-ring (bicyclic) bond motifs is 1. The molecule has 78 valence electrons. The Morgan fingerprint density at radius 2 is 2.00 bits per heavy atom. The van der Waals surface area contributed by atoms with E-state index in [0.29, 0.717) is 11.6 Å². The van der Waals surface area contributed by atoms with Crippen molar-refractivity contribution in [1.82, 2.24) is 30.2 Å². The number of nitrogens with zero attached hydrogens (tertiary/aromatic N) is 5. The molecule has 0 bridgehead atoms. The zero-order chi connectivity index (χ0) is 11.0. The fourth-order valence-corrected chi connectivity index (χ4v) is 1.44. The molecule has 0 spiro atoms. The topological polar surface area (TPSA) is 89.3 Å². The molecule has 0 atom stereocenters. The van der Waals surface area contributed by atoms with Crippen molar-refractivity contribution < 1.29 is 0 Å². The first-order valence-corrected chi connectivity index (χ1v) is 4.58. The summed E-state index contributed by atoms with van der Waals surface area (Å²) in [6.45, 7) is 0. The molecule has 1 N–H and O–H groups in total. The number of benzene rings is 1. The lowest BCUT2D eigenvalue weighted by Gasteiger charge is -2.05.